The summed E-state index contributed by atoms with van der Waals surface area (Å²) < 4.78 is 30.1. The zero-order chi connectivity index (χ0) is 23.2. The number of urea groups is 1. The van der Waals surface area contributed by atoms with Crippen LogP contribution in [-0.2, 0) is 16.8 Å². The zero-order valence-electron chi connectivity index (χ0n) is 17.9. The van der Waals surface area contributed by atoms with Crippen molar-refractivity contribution in [3.63, 3.8) is 0 Å². The number of aromatic nitrogens is 2. The smallest absolute Gasteiger partial charge is 0.317 e. The second-order valence-electron chi connectivity index (χ2n) is 8.30. The Labute approximate surface area is 189 Å². The van der Waals surface area contributed by atoms with Gasteiger partial charge in [0, 0.05) is 29.4 Å². The number of amides is 3. The molecule has 1 spiro atoms. The summed E-state index contributed by atoms with van der Waals surface area (Å²) in [5.74, 6) is 2.85. The normalized spacial score (nSPS) is 20.0. The number of carbonyl (C=O) groups excluding carboxylic acids is 2. The summed E-state index contributed by atoms with van der Waals surface area (Å²) in [5.41, 5.74) is 0.904. The maximum atomic E-state index is 15.0. The highest BCUT2D eigenvalue weighted by Gasteiger charge is 2.52. The summed E-state index contributed by atoms with van der Waals surface area (Å²) in [6, 6.07) is 10.3. The van der Waals surface area contributed by atoms with Crippen LogP contribution in [0.4, 0.5) is 19.3 Å². The first-order chi connectivity index (χ1) is 15.9. The standard InChI is InChI=1S/C25H20F2N4O2/c1-30-24(33)31(22(32)14-25(30)11-5-8-21-18(25)15-28-29-21)23-19(26)12-17(13-20(23)27)10-9-16-6-3-2-4-7-16/h2-4,6-7,12-13,15H,5,8,11,14H2,1H3,(H,28,29). The number of imide groups is 1. The van der Waals surface area contributed by atoms with Crippen LogP contribution in [0.3, 0.4) is 0 Å². The van der Waals surface area contributed by atoms with Gasteiger partial charge >= 0.3 is 6.03 Å². The molecule has 2 heterocycles. The number of fused-ring (bicyclic) bond motifs is 2. The summed E-state index contributed by atoms with van der Waals surface area (Å²) in [5, 5.41) is 7.00. The minimum Gasteiger partial charge on any atom is -0.317 e. The van der Waals surface area contributed by atoms with E-state index in [0.717, 1.165) is 36.2 Å². The third-order valence-corrected chi connectivity index (χ3v) is 6.42. The Balaban J connectivity index is 1.49. The molecule has 1 unspecified atom stereocenters. The first kappa shape index (κ1) is 20.9. The number of nitrogens with zero attached hydrogens (tertiary/aromatic N) is 3. The molecule has 5 rings (SSSR count). The van der Waals surface area contributed by atoms with Crippen molar-refractivity contribution in [2.24, 2.45) is 0 Å². The highest BCUT2D eigenvalue weighted by atomic mass is 19.1. The van der Waals surface area contributed by atoms with Crippen molar-refractivity contribution in [3.05, 3.63) is 82.7 Å². The lowest BCUT2D eigenvalue weighted by molar-refractivity contribution is -0.122. The second kappa shape index (κ2) is 7.85. The lowest BCUT2D eigenvalue weighted by Gasteiger charge is -2.49. The van der Waals surface area contributed by atoms with Gasteiger partial charge in [0.25, 0.3) is 0 Å². The molecule has 6 nitrogen and oxygen atoms in total. The Morgan fingerprint density at radius 1 is 1.06 bits per heavy atom. The van der Waals surface area contributed by atoms with Gasteiger partial charge < -0.3 is 4.90 Å². The van der Waals surface area contributed by atoms with E-state index in [1.54, 1.807) is 25.4 Å². The van der Waals surface area contributed by atoms with Gasteiger partial charge in [-0.25, -0.2) is 18.5 Å². The lowest BCUT2D eigenvalue weighted by atomic mass is 9.75. The highest BCUT2D eigenvalue weighted by Crippen LogP contribution is 2.45. The molecule has 1 N–H and O–H groups in total. The van der Waals surface area contributed by atoms with E-state index in [0.29, 0.717) is 16.9 Å². The number of rotatable bonds is 1. The van der Waals surface area contributed by atoms with E-state index in [-0.39, 0.29) is 12.0 Å². The molecule has 33 heavy (non-hydrogen) atoms. The molecule has 1 atom stereocenters. The number of aromatic amines is 1. The van der Waals surface area contributed by atoms with Crippen LogP contribution in [0.2, 0.25) is 0 Å². The van der Waals surface area contributed by atoms with Crippen molar-refractivity contribution < 1.29 is 18.4 Å². The van der Waals surface area contributed by atoms with Gasteiger partial charge in [0.2, 0.25) is 5.91 Å². The van der Waals surface area contributed by atoms with Gasteiger partial charge in [-0.05, 0) is 43.5 Å². The minimum atomic E-state index is -1.02. The van der Waals surface area contributed by atoms with Crippen molar-refractivity contribution in [2.75, 3.05) is 11.9 Å². The predicted octanol–water partition coefficient (Wildman–Crippen LogP) is 4.11. The van der Waals surface area contributed by atoms with Crippen LogP contribution in [-0.4, -0.2) is 34.1 Å². The molecule has 0 saturated carbocycles. The number of halogens is 2. The van der Waals surface area contributed by atoms with Gasteiger partial charge in [-0.15, -0.1) is 0 Å². The number of nitrogens with one attached hydrogen (secondary N) is 1. The van der Waals surface area contributed by atoms with Crippen molar-refractivity contribution >= 4 is 17.6 Å². The van der Waals surface area contributed by atoms with E-state index in [2.05, 4.69) is 22.0 Å². The fourth-order valence-corrected chi connectivity index (χ4v) is 4.75. The molecule has 1 aliphatic heterocycles. The SMILES string of the molecule is CN1C(=O)N(c2c(F)cc(C#Cc3ccccc3)cc2F)C(=O)CC12CCCc1[nH]ncc12. The summed E-state index contributed by atoms with van der Waals surface area (Å²) >= 11 is 0. The number of anilines is 1. The summed E-state index contributed by atoms with van der Waals surface area (Å²) in [7, 11) is 1.55. The summed E-state index contributed by atoms with van der Waals surface area (Å²) in [6.45, 7) is 0. The second-order valence-corrected chi connectivity index (χ2v) is 8.30. The van der Waals surface area contributed by atoms with Gasteiger partial charge in [0.1, 0.15) is 5.69 Å². The van der Waals surface area contributed by atoms with Crippen LogP contribution in [0.15, 0.2) is 48.7 Å². The Hall–Kier alpha value is -3.99. The number of H-pyrrole nitrogens is 1. The van der Waals surface area contributed by atoms with Crippen LogP contribution >= 0.6 is 0 Å². The molecule has 3 amide bonds. The Morgan fingerprint density at radius 3 is 2.48 bits per heavy atom. The van der Waals surface area contributed by atoms with Gasteiger partial charge in [0.15, 0.2) is 11.6 Å². The van der Waals surface area contributed by atoms with Crippen LogP contribution in [0.25, 0.3) is 0 Å². The van der Waals surface area contributed by atoms with Crippen LogP contribution in [0.5, 0.6) is 0 Å². The number of benzene rings is 2. The molecule has 166 valence electrons. The Morgan fingerprint density at radius 2 is 1.76 bits per heavy atom. The van der Waals surface area contributed by atoms with Gasteiger partial charge in [0.05, 0.1) is 18.2 Å². The molecular formula is C25H20F2N4O2. The highest BCUT2D eigenvalue weighted by molar-refractivity contribution is 6.16. The molecule has 1 saturated heterocycles. The van der Waals surface area contributed by atoms with E-state index < -0.39 is 34.8 Å². The molecule has 1 aliphatic carbocycles. The van der Waals surface area contributed by atoms with Gasteiger partial charge in [-0.1, -0.05) is 30.0 Å². The molecule has 2 aromatic carbocycles. The van der Waals surface area contributed by atoms with E-state index in [1.165, 1.54) is 4.90 Å². The average molecular weight is 446 g/mol. The zero-order valence-corrected chi connectivity index (χ0v) is 17.9. The van der Waals surface area contributed by atoms with Crippen molar-refractivity contribution in [2.45, 2.75) is 31.2 Å². The maximum Gasteiger partial charge on any atom is 0.332 e. The number of hydrogen-bond donors (Lipinski definition) is 1. The molecule has 0 bridgehead atoms. The predicted molar refractivity (Wildman–Crippen MR) is 117 cm³/mol. The first-order valence-corrected chi connectivity index (χ1v) is 10.6. The van der Waals surface area contributed by atoms with Crippen molar-refractivity contribution in [1.29, 1.82) is 0 Å². The van der Waals surface area contributed by atoms with Crippen LogP contribution in [0, 0.1) is 23.5 Å². The van der Waals surface area contributed by atoms with Gasteiger partial charge in [-0.3, -0.25) is 9.89 Å². The van der Waals surface area contributed by atoms with Crippen LogP contribution in [0.1, 0.15) is 41.6 Å². The topological polar surface area (TPSA) is 69.3 Å². The Bertz CT molecular complexity index is 1300. The Kier molecular flexibility index (Phi) is 4.97. The molecule has 3 aromatic rings. The monoisotopic (exact) mass is 446 g/mol. The fourth-order valence-electron chi connectivity index (χ4n) is 4.75. The van der Waals surface area contributed by atoms with E-state index >= 15 is 8.78 Å². The number of carbonyl (C=O) groups is 2. The van der Waals surface area contributed by atoms with Crippen LogP contribution < -0.4 is 4.90 Å². The summed E-state index contributed by atoms with van der Waals surface area (Å²) in [4.78, 5) is 28.4. The van der Waals surface area contributed by atoms with E-state index in [9.17, 15) is 9.59 Å². The molecule has 1 fully saturated rings. The fraction of sp³-hybridized carbons (Fsp3) is 0.240. The minimum absolute atomic E-state index is 0.0871. The first-order valence-electron chi connectivity index (χ1n) is 10.6. The largest absolute Gasteiger partial charge is 0.332 e. The lowest BCUT2D eigenvalue weighted by Crippen LogP contribution is -2.62. The summed E-state index contributed by atoms with van der Waals surface area (Å²) in [6.07, 6.45) is 3.64. The maximum absolute atomic E-state index is 15.0. The number of hydrogen-bond acceptors (Lipinski definition) is 3. The van der Waals surface area contributed by atoms with Crippen molar-refractivity contribution in [1.82, 2.24) is 15.1 Å². The molecule has 8 heteroatoms. The third kappa shape index (κ3) is 3.37. The van der Waals surface area contributed by atoms with Gasteiger partial charge in [-0.2, -0.15) is 5.10 Å². The number of aryl methyl sites for hydroxylation is 1. The molecule has 0 radical (unpaired) electrons. The molecule has 2 aliphatic rings. The average Bonchev–Trinajstić information content (AvgIpc) is 3.29. The van der Waals surface area contributed by atoms with E-state index in [4.69, 9.17) is 0 Å². The molecular weight excluding hydrogens is 426 g/mol. The van der Waals surface area contributed by atoms with Crippen molar-refractivity contribution in [3.8, 4) is 11.8 Å². The van der Waals surface area contributed by atoms with E-state index in [1.807, 2.05) is 18.2 Å². The molecule has 1 aromatic heterocycles. The quantitative estimate of drug-likeness (QED) is 0.572. The third-order valence-electron chi connectivity index (χ3n) is 6.42.